The Balaban J connectivity index is 1.46. The van der Waals surface area contributed by atoms with Crippen molar-refractivity contribution in [3.05, 3.63) is 102 Å². The van der Waals surface area contributed by atoms with Crippen LogP contribution < -0.4 is 15.4 Å². The van der Waals surface area contributed by atoms with Gasteiger partial charge in [-0.15, -0.1) is 0 Å². The first kappa shape index (κ1) is 35.2. The lowest BCUT2D eigenvalue weighted by molar-refractivity contribution is -0.147. The summed E-state index contributed by atoms with van der Waals surface area (Å²) in [5, 5.41) is 5.42. The van der Waals surface area contributed by atoms with E-state index in [0.717, 1.165) is 27.8 Å². The van der Waals surface area contributed by atoms with E-state index in [1.54, 1.807) is 0 Å². The molecule has 0 heterocycles. The highest BCUT2D eigenvalue weighted by Gasteiger charge is 2.32. The molecule has 2 N–H and O–H groups in total. The third-order valence-corrected chi connectivity index (χ3v) is 7.37. The Morgan fingerprint density at radius 2 is 1.38 bits per heavy atom. The average molecular weight is 643 g/mol. The highest BCUT2D eigenvalue weighted by molar-refractivity contribution is 5.90. The number of alkyl carbamates (subject to hydrolysis) is 1. The molecule has 0 spiro atoms. The number of fused-ring (bicyclic) bond motifs is 3. The summed E-state index contributed by atoms with van der Waals surface area (Å²) in [4.78, 5) is 39.9. The smallest absolute Gasteiger partial charge is 0.407 e. The van der Waals surface area contributed by atoms with Crippen LogP contribution in [-0.4, -0.2) is 61.1 Å². The normalized spacial score (nSPS) is 13.8. The third-order valence-electron chi connectivity index (χ3n) is 7.37. The molecule has 0 aromatic heterocycles. The van der Waals surface area contributed by atoms with E-state index in [2.05, 4.69) is 29.3 Å². The molecule has 47 heavy (non-hydrogen) atoms. The third kappa shape index (κ3) is 10.2. The number of nitrogens with one attached hydrogen (secondary N) is 2. The van der Waals surface area contributed by atoms with Crippen molar-refractivity contribution in [1.29, 1.82) is 0 Å². The molecule has 1 aliphatic carbocycles. The molecule has 0 saturated heterocycles. The number of ether oxygens (including phenoxy) is 4. The second kappa shape index (κ2) is 15.3. The van der Waals surface area contributed by atoms with Gasteiger partial charge in [0, 0.05) is 12.3 Å². The molecule has 0 unspecified atom stereocenters. The van der Waals surface area contributed by atoms with Crippen molar-refractivity contribution in [2.75, 3.05) is 19.8 Å². The Kier molecular flexibility index (Phi) is 11.5. The van der Waals surface area contributed by atoms with Crippen molar-refractivity contribution in [2.45, 2.75) is 77.2 Å². The van der Waals surface area contributed by atoms with Crippen molar-refractivity contribution in [3.8, 4) is 16.9 Å². The molecule has 4 rings (SSSR count). The molecule has 9 heteroatoms. The van der Waals surface area contributed by atoms with E-state index in [4.69, 9.17) is 18.9 Å². The monoisotopic (exact) mass is 642 g/mol. The largest absolute Gasteiger partial charge is 0.488 e. The van der Waals surface area contributed by atoms with Crippen LogP contribution in [0.3, 0.4) is 0 Å². The molecule has 0 radical (unpaired) electrons. The van der Waals surface area contributed by atoms with Gasteiger partial charge in [0.1, 0.15) is 36.6 Å². The van der Waals surface area contributed by atoms with E-state index in [1.165, 1.54) is 6.08 Å². The van der Waals surface area contributed by atoms with Gasteiger partial charge in [-0.3, -0.25) is 4.79 Å². The predicted octanol–water partition coefficient (Wildman–Crippen LogP) is 6.34. The molecular formula is C38H46N2O7. The van der Waals surface area contributed by atoms with E-state index in [-0.39, 0.29) is 37.8 Å². The molecule has 3 aromatic rings. The van der Waals surface area contributed by atoms with Crippen LogP contribution in [0.25, 0.3) is 11.1 Å². The first-order valence-corrected chi connectivity index (χ1v) is 15.9. The summed E-state index contributed by atoms with van der Waals surface area (Å²) in [5.41, 5.74) is 4.19. The fourth-order valence-corrected chi connectivity index (χ4v) is 5.29. The second-order valence-corrected chi connectivity index (χ2v) is 13.5. The van der Waals surface area contributed by atoms with Crippen molar-refractivity contribution in [3.63, 3.8) is 0 Å². The zero-order chi connectivity index (χ0) is 34.2. The summed E-state index contributed by atoms with van der Waals surface area (Å²) in [6.07, 6.45) is 0.827. The standard InChI is InChI=1S/C38H46N2O7/c1-8-21-44-35(42)32(22-25-17-19-26(20-18-25)47-38(5,6)7)39-34(41)33(24-46-37(2,3)4)40-36(43)45-23-31-29-15-11-9-13-27(29)28-14-10-12-16-30(28)31/h8-20,31-33H,1,21-24H2,2-7H3,(H,39,41)(H,40,43)/t32-,33-/m0/s1. The molecule has 2 atom stereocenters. The Labute approximate surface area is 277 Å². The molecule has 0 aliphatic heterocycles. The topological polar surface area (TPSA) is 112 Å². The van der Waals surface area contributed by atoms with Gasteiger partial charge in [-0.05, 0) is 81.5 Å². The number of esters is 1. The van der Waals surface area contributed by atoms with E-state index in [1.807, 2.05) is 102 Å². The summed E-state index contributed by atoms with van der Waals surface area (Å²) in [6.45, 7) is 14.9. The number of benzene rings is 3. The summed E-state index contributed by atoms with van der Waals surface area (Å²) in [5.74, 6) is -0.709. The van der Waals surface area contributed by atoms with Gasteiger partial charge >= 0.3 is 12.1 Å². The van der Waals surface area contributed by atoms with Gasteiger partial charge in [0.05, 0.1) is 12.2 Å². The van der Waals surface area contributed by atoms with Crippen molar-refractivity contribution < 1.29 is 33.3 Å². The van der Waals surface area contributed by atoms with Gasteiger partial charge in [0.2, 0.25) is 5.91 Å². The number of hydrogen-bond donors (Lipinski definition) is 2. The maximum atomic E-state index is 13.7. The molecule has 1 aliphatic rings. The van der Waals surface area contributed by atoms with Gasteiger partial charge in [-0.1, -0.05) is 73.3 Å². The Hall–Kier alpha value is -4.63. The minimum absolute atomic E-state index is 0.0157. The van der Waals surface area contributed by atoms with E-state index < -0.39 is 35.7 Å². The first-order valence-electron chi connectivity index (χ1n) is 15.9. The summed E-state index contributed by atoms with van der Waals surface area (Å²) in [7, 11) is 0. The quantitative estimate of drug-likeness (QED) is 0.165. The minimum Gasteiger partial charge on any atom is -0.488 e. The van der Waals surface area contributed by atoms with Crippen molar-refractivity contribution >= 4 is 18.0 Å². The minimum atomic E-state index is -1.15. The lowest BCUT2D eigenvalue weighted by Gasteiger charge is -2.26. The zero-order valence-corrected chi connectivity index (χ0v) is 28.1. The second-order valence-electron chi connectivity index (χ2n) is 13.5. The fourth-order valence-electron chi connectivity index (χ4n) is 5.29. The summed E-state index contributed by atoms with van der Waals surface area (Å²) < 4.78 is 22.8. The Bertz CT molecular complexity index is 1510. The van der Waals surface area contributed by atoms with E-state index in [9.17, 15) is 14.4 Å². The van der Waals surface area contributed by atoms with Crippen LogP contribution in [0.2, 0.25) is 0 Å². The number of rotatable bonds is 13. The molecule has 0 fully saturated rings. The zero-order valence-electron chi connectivity index (χ0n) is 28.1. The van der Waals surface area contributed by atoms with Gasteiger partial charge in [-0.25, -0.2) is 9.59 Å². The Morgan fingerprint density at radius 3 is 1.94 bits per heavy atom. The molecule has 3 aromatic carbocycles. The summed E-state index contributed by atoms with van der Waals surface area (Å²) in [6, 6.07) is 21.2. The van der Waals surface area contributed by atoms with Crippen LogP contribution in [0.4, 0.5) is 4.79 Å². The molecule has 2 amide bonds. The van der Waals surface area contributed by atoms with Crippen LogP contribution in [0.1, 0.15) is 64.2 Å². The highest BCUT2D eigenvalue weighted by atomic mass is 16.6. The molecule has 0 saturated carbocycles. The number of hydrogen-bond acceptors (Lipinski definition) is 7. The fraction of sp³-hybridized carbons (Fsp3) is 0.395. The van der Waals surface area contributed by atoms with Crippen LogP contribution in [0.15, 0.2) is 85.5 Å². The molecule has 9 nitrogen and oxygen atoms in total. The van der Waals surface area contributed by atoms with Crippen LogP contribution in [0.5, 0.6) is 5.75 Å². The average Bonchev–Trinajstić information content (AvgIpc) is 3.33. The predicted molar refractivity (Wildman–Crippen MR) is 181 cm³/mol. The van der Waals surface area contributed by atoms with Crippen LogP contribution in [0, 0.1) is 0 Å². The molecular weight excluding hydrogens is 596 g/mol. The maximum absolute atomic E-state index is 13.7. The number of amides is 2. The van der Waals surface area contributed by atoms with Crippen LogP contribution >= 0.6 is 0 Å². The molecule has 0 bridgehead atoms. The van der Waals surface area contributed by atoms with E-state index in [0.29, 0.717) is 5.75 Å². The lowest BCUT2D eigenvalue weighted by atomic mass is 9.98. The molecule has 250 valence electrons. The van der Waals surface area contributed by atoms with Crippen molar-refractivity contribution in [1.82, 2.24) is 10.6 Å². The van der Waals surface area contributed by atoms with Gasteiger partial charge in [0.25, 0.3) is 0 Å². The van der Waals surface area contributed by atoms with Gasteiger partial charge < -0.3 is 29.6 Å². The number of carbonyl (C=O) groups is 3. The van der Waals surface area contributed by atoms with E-state index >= 15 is 0 Å². The summed E-state index contributed by atoms with van der Waals surface area (Å²) >= 11 is 0. The van der Waals surface area contributed by atoms with Crippen molar-refractivity contribution in [2.24, 2.45) is 0 Å². The Morgan fingerprint density at radius 1 is 0.787 bits per heavy atom. The SMILES string of the molecule is C=CCOC(=O)[C@H](Cc1ccc(OC(C)(C)C)cc1)NC(=O)[C@H](COC(C)(C)C)NC(=O)OCC1c2ccccc2-c2ccccc21. The number of carbonyl (C=O) groups excluding carboxylic acids is 3. The highest BCUT2D eigenvalue weighted by Crippen LogP contribution is 2.44. The van der Waals surface area contributed by atoms with Crippen LogP contribution in [-0.2, 0) is 30.2 Å². The lowest BCUT2D eigenvalue weighted by Crippen LogP contribution is -2.55. The van der Waals surface area contributed by atoms with Gasteiger partial charge in [0.15, 0.2) is 0 Å². The first-order chi connectivity index (χ1) is 22.2. The van der Waals surface area contributed by atoms with Gasteiger partial charge in [-0.2, -0.15) is 0 Å². The maximum Gasteiger partial charge on any atom is 0.407 e.